The normalized spacial score (nSPS) is 11.5. The molecule has 2 aromatic rings. The van der Waals surface area contributed by atoms with Crippen LogP contribution in [-0.4, -0.2) is 27.8 Å². The molecule has 4 nitrogen and oxygen atoms in total. The minimum absolute atomic E-state index is 0.268. The van der Waals surface area contributed by atoms with Crippen molar-refractivity contribution >= 4 is 21.8 Å². The van der Waals surface area contributed by atoms with E-state index in [4.69, 9.17) is 4.74 Å². The first kappa shape index (κ1) is 18.8. The summed E-state index contributed by atoms with van der Waals surface area (Å²) >= 11 is 1.72. The molecule has 2 rings (SSSR count). The highest BCUT2D eigenvalue weighted by Crippen LogP contribution is 2.21. The highest BCUT2D eigenvalue weighted by atomic mass is 32.2. The smallest absolute Gasteiger partial charge is 0.240 e. The lowest BCUT2D eigenvalue weighted by Crippen LogP contribution is -2.26. The quantitative estimate of drug-likeness (QED) is 0.727. The van der Waals surface area contributed by atoms with Crippen molar-refractivity contribution in [1.82, 2.24) is 4.72 Å². The van der Waals surface area contributed by atoms with Gasteiger partial charge in [-0.15, -0.1) is 0 Å². The van der Waals surface area contributed by atoms with E-state index in [0.717, 1.165) is 17.1 Å². The second-order valence-corrected chi connectivity index (χ2v) is 8.38. The van der Waals surface area contributed by atoms with Gasteiger partial charge >= 0.3 is 0 Å². The summed E-state index contributed by atoms with van der Waals surface area (Å²) < 4.78 is 32.4. The van der Waals surface area contributed by atoms with E-state index in [1.54, 1.807) is 37.1 Å². The summed E-state index contributed by atoms with van der Waals surface area (Å²) in [6.07, 6.45) is 0. The lowest BCUT2D eigenvalue weighted by molar-refractivity contribution is 0.411. The van der Waals surface area contributed by atoms with Crippen LogP contribution in [0.4, 0.5) is 0 Å². The van der Waals surface area contributed by atoms with Crippen LogP contribution in [0.1, 0.15) is 16.7 Å². The monoisotopic (exact) mass is 365 g/mol. The molecule has 0 aliphatic carbocycles. The van der Waals surface area contributed by atoms with E-state index in [2.05, 4.69) is 23.8 Å². The Labute approximate surface area is 148 Å². The number of ether oxygens (including phenoxy) is 1. The first-order valence-electron chi connectivity index (χ1n) is 7.70. The summed E-state index contributed by atoms with van der Waals surface area (Å²) in [6, 6.07) is 13.1. The number of nitrogens with one attached hydrogen (secondary N) is 1. The summed E-state index contributed by atoms with van der Waals surface area (Å²) in [4.78, 5) is 0.268. The van der Waals surface area contributed by atoms with Gasteiger partial charge in [0, 0.05) is 18.1 Å². The molecule has 0 unspecified atom stereocenters. The van der Waals surface area contributed by atoms with Crippen LogP contribution in [0.3, 0.4) is 0 Å². The van der Waals surface area contributed by atoms with Crippen molar-refractivity contribution in [1.29, 1.82) is 0 Å². The molecule has 0 amide bonds. The van der Waals surface area contributed by atoms with E-state index in [1.165, 1.54) is 11.1 Å². The third-order valence-corrected chi connectivity index (χ3v) is 6.20. The molecule has 2 aromatic carbocycles. The Bertz CT molecular complexity index is 789. The van der Waals surface area contributed by atoms with Gasteiger partial charge in [0.1, 0.15) is 5.75 Å². The summed E-state index contributed by atoms with van der Waals surface area (Å²) in [5.74, 6) is 2.29. The Morgan fingerprint density at radius 1 is 1.08 bits per heavy atom. The van der Waals surface area contributed by atoms with E-state index in [9.17, 15) is 8.42 Å². The predicted octanol–water partition coefficient (Wildman–Crippen LogP) is 3.52. The second kappa shape index (κ2) is 8.55. The average molecular weight is 366 g/mol. The fourth-order valence-electron chi connectivity index (χ4n) is 2.30. The van der Waals surface area contributed by atoms with Gasteiger partial charge in [-0.3, -0.25) is 0 Å². The number of aryl methyl sites for hydroxylation is 2. The van der Waals surface area contributed by atoms with E-state index in [0.29, 0.717) is 12.3 Å². The van der Waals surface area contributed by atoms with Crippen molar-refractivity contribution in [3.8, 4) is 5.75 Å². The minimum Gasteiger partial charge on any atom is -0.496 e. The number of hydrogen-bond donors (Lipinski definition) is 1. The van der Waals surface area contributed by atoms with Gasteiger partial charge in [0.25, 0.3) is 0 Å². The molecule has 130 valence electrons. The Hall–Kier alpha value is -1.50. The fourth-order valence-corrected chi connectivity index (χ4v) is 4.48. The van der Waals surface area contributed by atoms with Crippen molar-refractivity contribution in [2.45, 2.75) is 24.5 Å². The van der Waals surface area contributed by atoms with Crippen LogP contribution in [0.5, 0.6) is 5.75 Å². The van der Waals surface area contributed by atoms with Gasteiger partial charge < -0.3 is 4.74 Å². The predicted molar refractivity (Wildman–Crippen MR) is 100 cm³/mol. The maximum atomic E-state index is 12.3. The fraction of sp³-hybridized carbons (Fsp3) is 0.333. The molecule has 6 heteroatoms. The number of benzene rings is 2. The van der Waals surface area contributed by atoms with Gasteiger partial charge in [-0.25, -0.2) is 13.1 Å². The maximum Gasteiger partial charge on any atom is 0.240 e. The zero-order chi connectivity index (χ0) is 17.6. The van der Waals surface area contributed by atoms with Crippen molar-refractivity contribution < 1.29 is 13.2 Å². The zero-order valence-corrected chi connectivity index (χ0v) is 15.8. The van der Waals surface area contributed by atoms with Gasteiger partial charge in [0.15, 0.2) is 0 Å². The summed E-state index contributed by atoms with van der Waals surface area (Å²) in [5.41, 5.74) is 3.35. The number of sulfonamides is 1. The molecule has 0 radical (unpaired) electrons. The number of hydrogen-bond acceptors (Lipinski definition) is 4. The largest absolute Gasteiger partial charge is 0.496 e. The molecule has 0 spiro atoms. The summed E-state index contributed by atoms with van der Waals surface area (Å²) in [7, 11) is -1.91. The first-order valence-corrected chi connectivity index (χ1v) is 10.3. The van der Waals surface area contributed by atoms with Gasteiger partial charge in [0.2, 0.25) is 10.0 Å². The van der Waals surface area contributed by atoms with E-state index < -0.39 is 10.0 Å². The number of thioether (sulfide) groups is 1. The topological polar surface area (TPSA) is 55.4 Å². The van der Waals surface area contributed by atoms with Crippen molar-refractivity contribution in [2.24, 2.45) is 0 Å². The molecule has 0 fully saturated rings. The van der Waals surface area contributed by atoms with Gasteiger partial charge in [-0.2, -0.15) is 11.8 Å². The van der Waals surface area contributed by atoms with Gasteiger partial charge in [-0.1, -0.05) is 24.3 Å². The summed E-state index contributed by atoms with van der Waals surface area (Å²) in [6.45, 7) is 4.32. The third kappa shape index (κ3) is 5.00. The number of methoxy groups -OCH3 is 1. The SMILES string of the molecule is COc1ccc(S(=O)(=O)NCCSCc2ccccc2C)cc1C. The maximum absolute atomic E-state index is 12.3. The van der Waals surface area contributed by atoms with Gasteiger partial charge in [0.05, 0.1) is 12.0 Å². The highest BCUT2D eigenvalue weighted by molar-refractivity contribution is 7.98. The number of rotatable bonds is 8. The Morgan fingerprint density at radius 3 is 2.50 bits per heavy atom. The molecule has 0 bridgehead atoms. The van der Waals surface area contributed by atoms with Crippen molar-refractivity contribution in [3.63, 3.8) is 0 Å². The van der Waals surface area contributed by atoms with Crippen LogP contribution in [0.2, 0.25) is 0 Å². The second-order valence-electron chi connectivity index (χ2n) is 5.51. The van der Waals surface area contributed by atoms with Crippen molar-refractivity contribution in [2.75, 3.05) is 19.4 Å². The van der Waals surface area contributed by atoms with Crippen LogP contribution < -0.4 is 9.46 Å². The average Bonchev–Trinajstić information content (AvgIpc) is 2.56. The van der Waals surface area contributed by atoms with Crippen LogP contribution in [0.25, 0.3) is 0 Å². The Morgan fingerprint density at radius 2 is 1.83 bits per heavy atom. The highest BCUT2D eigenvalue weighted by Gasteiger charge is 2.14. The summed E-state index contributed by atoms with van der Waals surface area (Å²) in [5, 5.41) is 0. The first-order chi connectivity index (χ1) is 11.4. The molecule has 0 aliphatic heterocycles. The molecule has 0 aromatic heterocycles. The molecule has 24 heavy (non-hydrogen) atoms. The molecule has 0 aliphatic rings. The van der Waals surface area contributed by atoms with E-state index in [-0.39, 0.29) is 4.90 Å². The molecule has 1 N–H and O–H groups in total. The lowest BCUT2D eigenvalue weighted by atomic mass is 10.1. The molecule has 0 saturated heterocycles. The Balaban J connectivity index is 1.85. The van der Waals surface area contributed by atoms with Crippen LogP contribution >= 0.6 is 11.8 Å². The van der Waals surface area contributed by atoms with E-state index in [1.807, 2.05) is 19.1 Å². The zero-order valence-electron chi connectivity index (χ0n) is 14.2. The standard InChI is InChI=1S/C18H23NO3S2/c1-14-6-4-5-7-16(14)13-23-11-10-19-24(20,21)17-8-9-18(22-3)15(2)12-17/h4-9,12,19H,10-11,13H2,1-3H3. The van der Waals surface area contributed by atoms with Crippen LogP contribution in [-0.2, 0) is 15.8 Å². The van der Waals surface area contributed by atoms with Gasteiger partial charge in [-0.05, 0) is 48.7 Å². The molecule has 0 heterocycles. The van der Waals surface area contributed by atoms with Crippen molar-refractivity contribution in [3.05, 3.63) is 59.2 Å². The molecule has 0 atom stereocenters. The van der Waals surface area contributed by atoms with Crippen LogP contribution in [0.15, 0.2) is 47.4 Å². The van der Waals surface area contributed by atoms with Crippen LogP contribution in [0, 0.1) is 13.8 Å². The van der Waals surface area contributed by atoms with E-state index >= 15 is 0 Å². The molecular weight excluding hydrogens is 342 g/mol. The molecular formula is C18H23NO3S2. The molecule has 0 saturated carbocycles. The Kier molecular flexibility index (Phi) is 6.71. The lowest BCUT2D eigenvalue weighted by Gasteiger charge is -2.10. The third-order valence-electron chi connectivity index (χ3n) is 3.73. The minimum atomic E-state index is -3.48.